The summed E-state index contributed by atoms with van der Waals surface area (Å²) in [6.07, 6.45) is 9.00. The Morgan fingerprint density at radius 3 is 2.46 bits per heavy atom. The van der Waals surface area contributed by atoms with Gasteiger partial charge < -0.3 is 9.64 Å². The quantitative estimate of drug-likeness (QED) is 0.299. The van der Waals surface area contributed by atoms with Gasteiger partial charge in [-0.25, -0.2) is 0 Å². The number of amides is 1. The van der Waals surface area contributed by atoms with Crippen LogP contribution in [0.15, 0.2) is 95.9 Å². The molecule has 41 heavy (non-hydrogen) atoms. The SMILES string of the molecule is Cc1ccccc1C1c2c(C)cccc2/C=C\CCCCN2CN1n1ccc(=O)c(OCc3ccccc3)c1C2=O. The standard InChI is InChI=1S/C35H35N3O3/c1-25-13-9-10-19-29(25)32-31-26(2)14-12-18-28(31)17-8-3-4-11-21-36-24-38(32)37-22-20-30(39)34(33(37)35(36)40)41-23-27-15-6-5-7-16-27/h5-10,12-20,22,32H,3-4,11,21,23-24H2,1-2H3/b17-8-. The van der Waals surface area contributed by atoms with Crippen LogP contribution in [0.25, 0.3) is 6.08 Å². The van der Waals surface area contributed by atoms with Crippen LogP contribution in [-0.2, 0) is 6.61 Å². The second-order valence-electron chi connectivity index (χ2n) is 10.9. The zero-order chi connectivity index (χ0) is 28.3. The minimum absolute atomic E-state index is 0.0941. The molecule has 3 aromatic carbocycles. The van der Waals surface area contributed by atoms with E-state index >= 15 is 0 Å². The highest BCUT2D eigenvalue weighted by molar-refractivity contribution is 5.96. The van der Waals surface area contributed by atoms with Gasteiger partial charge in [0, 0.05) is 18.8 Å². The van der Waals surface area contributed by atoms with Gasteiger partial charge in [-0.3, -0.25) is 19.3 Å². The summed E-state index contributed by atoms with van der Waals surface area (Å²) in [6, 6.07) is 25.9. The predicted molar refractivity (Wildman–Crippen MR) is 163 cm³/mol. The highest BCUT2D eigenvalue weighted by Crippen LogP contribution is 2.37. The van der Waals surface area contributed by atoms with E-state index < -0.39 is 0 Å². The number of carbonyl (C=O) groups is 1. The van der Waals surface area contributed by atoms with Gasteiger partial charge >= 0.3 is 0 Å². The summed E-state index contributed by atoms with van der Waals surface area (Å²) >= 11 is 0. The smallest absolute Gasteiger partial charge is 0.277 e. The van der Waals surface area contributed by atoms with Crippen molar-refractivity contribution in [3.8, 4) is 5.75 Å². The van der Waals surface area contributed by atoms with E-state index in [1.165, 1.54) is 17.2 Å². The molecule has 0 saturated heterocycles. The van der Waals surface area contributed by atoms with Gasteiger partial charge in [-0.1, -0.05) is 84.9 Å². The summed E-state index contributed by atoms with van der Waals surface area (Å²) in [4.78, 5) is 29.2. The number of carbonyl (C=O) groups excluding carboxylic acids is 1. The molecule has 4 aromatic rings. The molecule has 1 aromatic heterocycles. The number of benzene rings is 3. The van der Waals surface area contributed by atoms with Crippen molar-refractivity contribution >= 4 is 12.0 Å². The Morgan fingerprint density at radius 1 is 0.854 bits per heavy atom. The Labute approximate surface area is 241 Å². The van der Waals surface area contributed by atoms with Gasteiger partial charge in [-0.15, -0.1) is 0 Å². The van der Waals surface area contributed by atoms with Crippen LogP contribution in [-0.4, -0.2) is 28.7 Å². The topological polar surface area (TPSA) is 54.8 Å². The summed E-state index contributed by atoms with van der Waals surface area (Å²) in [5.41, 5.74) is 6.74. The van der Waals surface area contributed by atoms with Crippen molar-refractivity contribution in [2.24, 2.45) is 0 Å². The zero-order valence-electron chi connectivity index (χ0n) is 23.6. The molecule has 0 N–H and O–H groups in total. The van der Waals surface area contributed by atoms with Crippen molar-refractivity contribution in [1.29, 1.82) is 0 Å². The van der Waals surface area contributed by atoms with Gasteiger partial charge in [0.2, 0.25) is 5.43 Å². The third kappa shape index (κ3) is 5.18. The fraction of sp³-hybridized carbons (Fsp3) is 0.257. The molecule has 6 nitrogen and oxygen atoms in total. The molecule has 0 spiro atoms. The van der Waals surface area contributed by atoms with Crippen molar-refractivity contribution in [2.75, 3.05) is 18.2 Å². The molecule has 1 atom stereocenters. The maximum atomic E-state index is 14.1. The lowest BCUT2D eigenvalue weighted by Crippen LogP contribution is -2.56. The van der Waals surface area contributed by atoms with Crippen molar-refractivity contribution in [3.05, 3.63) is 140 Å². The Morgan fingerprint density at radius 2 is 1.63 bits per heavy atom. The van der Waals surface area contributed by atoms with E-state index in [1.54, 1.807) is 6.20 Å². The number of fused-ring (bicyclic) bond motifs is 5. The molecule has 2 aliphatic heterocycles. The lowest BCUT2D eigenvalue weighted by molar-refractivity contribution is 0.0673. The molecule has 6 heteroatoms. The van der Waals surface area contributed by atoms with Gasteiger partial charge in [-0.2, -0.15) is 0 Å². The average molecular weight is 546 g/mol. The van der Waals surface area contributed by atoms with Crippen LogP contribution >= 0.6 is 0 Å². The first-order valence-corrected chi connectivity index (χ1v) is 14.3. The van der Waals surface area contributed by atoms with Crippen LogP contribution in [0.1, 0.15) is 69.2 Å². The summed E-state index contributed by atoms with van der Waals surface area (Å²) in [5, 5.41) is 2.22. The number of hydrogen-bond acceptors (Lipinski definition) is 4. The number of aryl methyl sites for hydroxylation is 2. The Hall–Kier alpha value is -4.58. The second-order valence-corrected chi connectivity index (χ2v) is 10.9. The van der Waals surface area contributed by atoms with Gasteiger partial charge in [0.05, 0.1) is 6.04 Å². The van der Waals surface area contributed by atoms with Crippen molar-refractivity contribution in [2.45, 2.75) is 45.8 Å². The molecule has 1 unspecified atom stereocenters. The van der Waals surface area contributed by atoms with Crippen molar-refractivity contribution in [3.63, 3.8) is 0 Å². The van der Waals surface area contributed by atoms with Gasteiger partial charge in [0.1, 0.15) is 13.3 Å². The molecule has 0 radical (unpaired) electrons. The third-order valence-electron chi connectivity index (χ3n) is 8.10. The predicted octanol–water partition coefficient (Wildman–Crippen LogP) is 6.38. The Kier molecular flexibility index (Phi) is 7.47. The van der Waals surface area contributed by atoms with Crippen LogP contribution in [0, 0.1) is 13.8 Å². The Bertz CT molecular complexity index is 1660. The molecule has 2 aliphatic rings. The molecule has 0 fully saturated rings. The van der Waals surface area contributed by atoms with E-state index in [1.807, 2.05) is 39.9 Å². The van der Waals surface area contributed by atoms with E-state index in [-0.39, 0.29) is 35.4 Å². The molecule has 1 amide bonds. The maximum Gasteiger partial charge on any atom is 0.277 e. The number of pyridine rings is 1. The molecule has 0 aliphatic carbocycles. The molecule has 2 bridgehead atoms. The molecular weight excluding hydrogens is 510 g/mol. The summed E-state index contributed by atoms with van der Waals surface area (Å²) in [6.45, 7) is 5.48. The van der Waals surface area contributed by atoms with Crippen LogP contribution < -0.4 is 15.2 Å². The maximum absolute atomic E-state index is 14.1. The van der Waals surface area contributed by atoms with E-state index in [9.17, 15) is 9.59 Å². The second kappa shape index (κ2) is 11.5. The number of nitrogens with zero attached hydrogens (tertiary/aromatic N) is 3. The number of ether oxygens (including phenoxy) is 1. The molecule has 0 saturated carbocycles. The Balaban J connectivity index is 1.58. The average Bonchev–Trinajstić information content (AvgIpc) is 2.98. The molecule has 3 heterocycles. The fourth-order valence-electron chi connectivity index (χ4n) is 5.98. The monoisotopic (exact) mass is 545 g/mol. The minimum atomic E-state index is -0.296. The van der Waals surface area contributed by atoms with Crippen molar-refractivity contribution < 1.29 is 9.53 Å². The van der Waals surface area contributed by atoms with Gasteiger partial charge in [0.25, 0.3) is 5.91 Å². The first-order chi connectivity index (χ1) is 20.0. The van der Waals surface area contributed by atoms with Crippen LogP contribution in [0.3, 0.4) is 0 Å². The molecule has 6 rings (SSSR count). The lowest BCUT2D eigenvalue weighted by atomic mass is 9.88. The number of aromatic nitrogens is 1. The van der Waals surface area contributed by atoms with E-state index in [0.29, 0.717) is 13.2 Å². The molecule has 208 valence electrons. The van der Waals surface area contributed by atoms with Crippen molar-refractivity contribution in [1.82, 2.24) is 9.58 Å². The van der Waals surface area contributed by atoms with E-state index in [2.05, 4.69) is 73.5 Å². The summed E-state index contributed by atoms with van der Waals surface area (Å²) in [7, 11) is 0. The minimum Gasteiger partial charge on any atom is -0.482 e. The van der Waals surface area contributed by atoms with Gasteiger partial charge in [-0.05, 0) is 66.5 Å². The van der Waals surface area contributed by atoms with E-state index in [0.717, 1.165) is 41.5 Å². The first-order valence-electron chi connectivity index (χ1n) is 14.3. The number of rotatable bonds is 4. The lowest BCUT2D eigenvalue weighted by Gasteiger charge is -2.45. The van der Waals surface area contributed by atoms with Crippen LogP contribution in [0.5, 0.6) is 5.75 Å². The summed E-state index contributed by atoms with van der Waals surface area (Å²) < 4.78 is 8.03. The number of allylic oxidation sites excluding steroid dienone is 1. The van der Waals surface area contributed by atoms with E-state index in [4.69, 9.17) is 4.74 Å². The fourth-order valence-corrected chi connectivity index (χ4v) is 5.98. The number of hydrogen-bond donors (Lipinski definition) is 0. The largest absolute Gasteiger partial charge is 0.482 e. The highest BCUT2D eigenvalue weighted by Gasteiger charge is 2.38. The zero-order valence-corrected chi connectivity index (χ0v) is 23.6. The summed E-state index contributed by atoms with van der Waals surface area (Å²) in [5.74, 6) is -0.0836. The normalized spacial score (nSPS) is 17.6. The van der Waals surface area contributed by atoms with Crippen LogP contribution in [0.4, 0.5) is 0 Å². The molecular formula is C35H35N3O3. The van der Waals surface area contributed by atoms with Gasteiger partial charge in [0.15, 0.2) is 11.4 Å². The first kappa shape index (κ1) is 26.6. The third-order valence-corrected chi connectivity index (χ3v) is 8.10. The van der Waals surface area contributed by atoms with Crippen LogP contribution in [0.2, 0.25) is 0 Å². The highest BCUT2D eigenvalue weighted by atomic mass is 16.5.